The Morgan fingerprint density at radius 3 is 2.05 bits per heavy atom. The average molecular weight is 524 g/mol. The van der Waals surface area contributed by atoms with Crippen LogP contribution in [0.25, 0.3) is 11.1 Å². The fourth-order valence-corrected chi connectivity index (χ4v) is 6.30. The van der Waals surface area contributed by atoms with Gasteiger partial charge in [0.2, 0.25) is 0 Å². The molecule has 1 aliphatic carbocycles. The van der Waals surface area contributed by atoms with Crippen LogP contribution in [0.1, 0.15) is 36.3 Å². The minimum Gasteiger partial charge on any atom is -0.480 e. The lowest BCUT2D eigenvalue weighted by atomic mass is 9.98. The molecule has 3 aromatic rings. The number of nitrogens with two attached hydrogens (primary N) is 2. The molecule has 0 heterocycles. The van der Waals surface area contributed by atoms with Gasteiger partial charge in [-0.2, -0.15) is 4.31 Å². The quantitative estimate of drug-likeness (QED) is 0.268. The highest BCUT2D eigenvalue weighted by atomic mass is 32.2. The van der Waals surface area contributed by atoms with E-state index in [0.717, 1.165) is 22.3 Å². The van der Waals surface area contributed by atoms with Crippen LogP contribution in [-0.4, -0.2) is 49.1 Å². The molecular weight excluding hydrogens is 494 g/mol. The van der Waals surface area contributed by atoms with Crippen LogP contribution in [0.4, 0.5) is 10.5 Å². The minimum atomic E-state index is -4.66. The number of para-hydroxylation sites is 1. The Morgan fingerprint density at radius 2 is 1.49 bits per heavy atom. The summed E-state index contributed by atoms with van der Waals surface area (Å²) >= 11 is 0. The first-order chi connectivity index (χ1) is 17.8. The number of ether oxygens (including phenoxy) is 1. The number of carboxylic acids is 1. The van der Waals surface area contributed by atoms with E-state index in [1.807, 2.05) is 48.5 Å². The number of aliphatic carboxylic acids is 1. The maximum atomic E-state index is 13.6. The molecule has 0 bridgehead atoms. The molecule has 0 saturated carbocycles. The fourth-order valence-electron chi connectivity index (χ4n) is 4.69. The number of carboxylic acid groups (broad SMARTS) is 1. The molecule has 0 spiro atoms. The molecule has 1 aliphatic rings. The van der Waals surface area contributed by atoms with Gasteiger partial charge < -0.3 is 21.3 Å². The highest BCUT2D eigenvalue weighted by molar-refractivity contribution is 7.89. The van der Waals surface area contributed by atoms with Crippen LogP contribution in [0.15, 0.2) is 77.7 Å². The number of carbonyl (C=O) groups is 2. The number of sulfonamides is 1. The van der Waals surface area contributed by atoms with Crippen LogP contribution in [-0.2, 0) is 19.6 Å². The summed E-state index contributed by atoms with van der Waals surface area (Å²) in [5.41, 5.74) is 15.2. The van der Waals surface area contributed by atoms with Crippen LogP contribution < -0.4 is 11.5 Å². The van der Waals surface area contributed by atoms with Crippen LogP contribution >= 0.6 is 0 Å². The SMILES string of the molecule is NCCCC[C@@H](C(=O)O)N(C(=O)OCC1c2ccccc2-c2ccccc21)S(=O)(=O)c1ccccc1N. The zero-order valence-electron chi connectivity index (χ0n) is 20.1. The summed E-state index contributed by atoms with van der Waals surface area (Å²) in [6.45, 7) is 0.133. The molecule has 0 aromatic heterocycles. The first-order valence-corrected chi connectivity index (χ1v) is 13.4. The van der Waals surface area contributed by atoms with Crippen molar-refractivity contribution >= 4 is 27.8 Å². The van der Waals surface area contributed by atoms with Crippen LogP contribution in [0.3, 0.4) is 0 Å². The molecule has 0 aliphatic heterocycles. The normalized spacial score (nSPS) is 13.4. The molecular formula is C27H29N3O6S. The minimum absolute atomic E-state index is 0.106. The van der Waals surface area contributed by atoms with Crippen LogP contribution in [0, 0.1) is 0 Å². The van der Waals surface area contributed by atoms with E-state index in [4.69, 9.17) is 16.2 Å². The molecule has 10 heteroatoms. The number of benzene rings is 3. The molecule has 4 rings (SSSR count). The summed E-state index contributed by atoms with van der Waals surface area (Å²) in [6.07, 6.45) is -0.621. The van der Waals surface area contributed by atoms with Gasteiger partial charge in [-0.05, 0) is 60.2 Å². The number of anilines is 1. The number of unbranched alkanes of at least 4 members (excludes halogenated alkanes) is 1. The fraction of sp³-hybridized carbons (Fsp3) is 0.259. The summed E-state index contributed by atoms with van der Waals surface area (Å²) in [4.78, 5) is 25.3. The lowest BCUT2D eigenvalue weighted by Crippen LogP contribution is -2.49. The number of fused-ring (bicyclic) bond motifs is 3. The monoisotopic (exact) mass is 523 g/mol. The van der Waals surface area contributed by atoms with Gasteiger partial charge in [-0.1, -0.05) is 60.7 Å². The number of nitrogens with zero attached hydrogens (tertiary/aromatic N) is 1. The van der Waals surface area contributed by atoms with E-state index in [0.29, 0.717) is 23.7 Å². The van der Waals surface area contributed by atoms with E-state index in [1.54, 1.807) is 6.07 Å². The third-order valence-corrected chi connectivity index (χ3v) is 8.32. The third kappa shape index (κ3) is 5.16. The topological polar surface area (TPSA) is 153 Å². The number of amides is 1. The second kappa shape index (κ2) is 11.0. The molecule has 9 nitrogen and oxygen atoms in total. The Morgan fingerprint density at radius 1 is 0.919 bits per heavy atom. The van der Waals surface area contributed by atoms with Gasteiger partial charge in [-0.3, -0.25) is 0 Å². The predicted molar refractivity (Wildman–Crippen MR) is 139 cm³/mol. The zero-order chi connectivity index (χ0) is 26.6. The number of carbonyl (C=O) groups excluding carboxylic acids is 1. The first-order valence-electron chi connectivity index (χ1n) is 11.9. The number of nitrogen functional groups attached to an aromatic ring is 1. The van der Waals surface area contributed by atoms with E-state index in [9.17, 15) is 23.1 Å². The van der Waals surface area contributed by atoms with Gasteiger partial charge in [0.25, 0.3) is 10.0 Å². The first kappa shape index (κ1) is 26.2. The van der Waals surface area contributed by atoms with Gasteiger partial charge >= 0.3 is 12.1 Å². The number of rotatable bonds is 10. The molecule has 37 heavy (non-hydrogen) atoms. The second-order valence-electron chi connectivity index (χ2n) is 8.78. The highest BCUT2D eigenvalue weighted by Gasteiger charge is 2.42. The average Bonchev–Trinajstić information content (AvgIpc) is 3.20. The van der Waals surface area contributed by atoms with Crippen LogP contribution in [0.2, 0.25) is 0 Å². The molecule has 0 fully saturated rings. The van der Waals surface area contributed by atoms with E-state index in [2.05, 4.69) is 0 Å². The summed E-state index contributed by atoms with van der Waals surface area (Å²) < 4.78 is 33.1. The summed E-state index contributed by atoms with van der Waals surface area (Å²) in [5.74, 6) is -1.80. The summed E-state index contributed by atoms with van der Waals surface area (Å²) in [7, 11) is -4.66. The van der Waals surface area contributed by atoms with E-state index in [1.165, 1.54) is 18.2 Å². The Bertz CT molecular complexity index is 1360. The zero-order valence-corrected chi connectivity index (χ0v) is 20.9. The largest absolute Gasteiger partial charge is 0.480 e. The third-order valence-electron chi connectivity index (χ3n) is 6.47. The molecule has 194 valence electrons. The van der Waals surface area contributed by atoms with Crippen molar-refractivity contribution in [3.8, 4) is 11.1 Å². The van der Waals surface area contributed by atoms with Crippen molar-refractivity contribution in [3.05, 3.63) is 83.9 Å². The standard InChI is InChI=1S/C27H29N3O6S/c28-16-8-7-14-24(26(31)32)30(37(34,35)25-15-6-5-13-23(25)29)27(33)36-17-22-20-11-3-1-9-18(20)19-10-2-4-12-21(19)22/h1-6,9-13,15,22,24H,7-8,14,16-17,28-29H2,(H,31,32)/t24-/m0/s1. The second-order valence-corrected chi connectivity index (χ2v) is 10.6. The van der Waals surface area contributed by atoms with Crippen molar-refractivity contribution < 1.29 is 27.9 Å². The summed E-state index contributed by atoms with van der Waals surface area (Å²) in [6, 6.07) is 19.3. The van der Waals surface area contributed by atoms with Crippen molar-refractivity contribution in [2.75, 3.05) is 18.9 Å². The Hall–Kier alpha value is -3.89. The van der Waals surface area contributed by atoms with Crippen LogP contribution in [0.5, 0.6) is 0 Å². The molecule has 0 saturated heterocycles. The molecule has 1 atom stereocenters. The van der Waals surface area contributed by atoms with E-state index >= 15 is 0 Å². The van der Waals surface area contributed by atoms with Gasteiger partial charge in [0.1, 0.15) is 17.5 Å². The summed E-state index contributed by atoms with van der Waals surface area (Å²) in [5, 5.41) is 9.94. The maximum Gasteiger partial charge on any atom is 0.424 e. The van der Waals surface area contributed by atoms with Gasteiger partial charge in [0.05, 0.1) is 5.69 Å². The number of hydrogen-bond donors (Lipinski definition) is 3. The lowest BCUT2D eigenvalue weighted by Gasteiger charge is -2.28. The van der Waals surface area contributed by atoms with Crippen molar-refractivity contribution in [2.45, 2.75) is 36.1 Å². The van der Waals surface area contributed by atoms with Gasteiger partial charge in [0, 0.05) is 5.92 Å². The maximum absolute atomic E-state index is 13.6. The Labute approximate surface area is 215 Å². The molecule has 5 N–H and O–H groups in total. The van der Waals surface area contributed by atoms with Crippen molar-refractivity contribution in [1.29, 1.82) is 0 Å². The highest BCUT2D eigenvalue weighted by Crippen LogP contribution is 2.44. The van der Waals surface area contributed by atoms with Crippen molar-refractivity contribution in [2.24, 2.45) is 5.73 Å². The van der Waals surface area contributed by atoms with E-state index in [-0.39, 0.29) is 29.5 Å². The molecule has 0 unspecified atom stereocenters. The van der Waals surface area contributed by atoms with E-state index < -0.39 is 28.1 Å². The van der Waals surface area contributed by atoms with Crippen molar-refractivity contribution in [3.63, 3.8) is 0 Å². The molecule has 0 radical (unpaired) electrons. The Balaban J connectivity index is 1.68. The smallest absolute Gasteiger partial charge is 0.424 e. The lowest BCUT2D eigenvalue weighted by molar-refractivity contribution is -0.141. The van der Waals surface area contributed by atoms with Crippen molar-refractivity contribution in [1.82, 2.24) is 4.31 Å². The van der Waals surface area contributed by atoms with Gasteiger partial charge in [-0.25, -0.2) is 18.0 Å². The van der Waals surface area contributed by atoms with Gasteiger partial charge in [0.15, 0.2) is 0 Å². The van der Waals surface area contributed by atoms with Gasteiger partial charge in [-0.15, -0.1) is 0 Å². The Kier molecular flexibility index (Phi) is 7.80. The number of hydrogen-bond acceptors (Lipinski definition) is 7. The predicted octanol–water partition coefficient (Wildman–Crippen LogP) is 3.79. The molecule has 1 amide bonds. The molecule has 3 aromatic carbocycles.